The standard InChI is InChI=1S/C21H23ClFNO3/c1-11(2)27-18-8-12(5-6-16(18)22)14-7-13-10-21(3,4)19(24-20(25)26)15(13)9-17(14)23/h5-9,11,19,24H,10H2,1-4H3,(H,25,26)/t19-/m0/s1. The maximum absolute atomic E-state index is 14.9. The molecule has 0 bridgehead atoms. The fourth-order valence-electron chi connectivity index (χ4n) is 3.70. The van der Waals surface area contributed by atoms with Crippen molar-refractivity contribution in [3.8, 4) is 16.9 Å². The summed E-state index contributed by atoms with van der Waals surface area (Å²) in [6, 6.07) is 7.99. The molecule has 0 aliphatic heterocycles. The van der Waals surface area contributed by atoms with E-state index in [1.165, 1.54) is 6.07 Å². The van der Waals surface area contributed by atoms with Crippen LogP contribution in [0.5, 0.6) is 5.75 Å². The second-order valence-electron chi connectivity index (χ2n) is 7.89. The summed E-state index contributed by atoms with van der Waals surface area (Å²) in [5.41, 5.74) is 2.42. The number of rotatable bonds is 4. The van der Waals surface area contributed by atoms with Crippen LogP contribution >= 0.6 is 11.6 Å². The Morgan fingerprint density at radius 1 is 1.33 bits per heavy atom. The summed E-state index contributed by atoms with van der Waals surface area (Å²) >= 11 is 6.18. The van der Waals surface area contributed by atoms with Gasteiger partial charge in [0.05, 0.1) is 17.2 Å². The minimum atomic E-state index is -1.11. The zero-order valence-corrected chi connectivity index (χ0v) is 16.5. The van der Waals surface area contributed by atoms with Gasteiger partial charge in [-0.15, -0.1) is 0 Å². The minimum Gasteiger partial charge on any atom is -0.489 e. The smallest absolute Gasteiger partial charge is 0.405 e. The minimum absolute atomic E-state index is 0.0498. The van der Waals surface area contributed by atoms with Gasteiger partial charge in [0.25, 0.3) is 0 Å². The summed E-state index contributed by atoms with van der Waals surface area (Å²) in [5, 5.41) is 12.1. The third-order valence-electron chi connectivity index (χ3n) is 4.84. The summed E-state index contributed by atoms with van der Waals surface area (Å²) < 4.78 is 20.6. The van der Waals surface area contributed by atoms with Crippen molar-refractivity contribution in [1.29, 1.82) is 0 Å². The highest BCUT2D eigenvalue weighted by atomic mass is 35.5. The van der Waals surface area contributed by atoms with Crippen LogP contribution in [0.15, 0.2) is 30.3 Å². The normalized spacial score (nSPS) is 17.7. The van der Waals surface area contributed by atoms with Crippen molar-refractivity contribution >= 4 is 17.7 Å². The number of amides is 1. The molecule has 2 aromatic rings. The zero-order valence-electron chi connectivity index (χ0n) is 15.8. The molecule has 1 amide bonds. The lowest BCUT2D eigenvalue weighted by atomic mass is 9.85. The van der Waals surface area contributed by atoms with Gasteiger partial charge < -0.3 is 15.2 Å². The van der Waals surface area contributed by atoms with E-state index in [1.807, 2.05) is 27.7 Å². The third-order valence-corrected chi connectivity index (χ3v) is 5.15. The molecule has 1 aliphatic rings. The van der Waals surface area contributed by atoms with Crippen molar-refractivity contribution in [2.24, 2.45) is 5.41 Å². The summed E-state index contributed by atoms with van der Waals surface area (Å²) in [7, 11) is 0. The van der Waals surface area contributed by atoms with Gasteiger partial charge in [-0.2, -0.15) is 0 Å². The van der Waals surface area contributed by atoms with E-state index < -0.39 is 18.0 Å². The van der Waals surface area contributed by atoms with E-state index in [4.69, 9.17) is 21.4 Å². The van der Waals surface area contributed by atoms with E-state index in [2.05, 4.69) is 5.32 Å². The Morgan fingerprint density at radius 3 is 2.67 bits per heavy atom. The van der Waals surface area contributed by atoms with E-state index in [-0.39, 0.29) is 11.5 Å². The van der Waals surface area contributed by atoms with Crippen LogP contribution in [0.3, 0.4) is 0 Å². The number of ether oxygens (including phenoxy) is 1. The van der Waals surface area contributed by atoms with Crippen LogP contribution in [0, 0.1) is 11.2 Å². The van der Waals surface area contributed by atoms with E-state index >= 15 is 0 Å². The second-order valence-corrected chi connectivity index (χ2v) is 8.30. The number of benzene rings is 2. The van der Waals surface area contributed by atoms with Crippen molar-refractivity contribution in [1.82, 2.24) is 5.32 Å². The lowest BCUT2D eigenvalue weighted by Crippen LogP contribution is -2.34. The number of carboxylic acid groups (broad SMARTS) is 1. The Balaban J connectivity index is 2.05. The largest absolute Gasteiger partial charge is 0.489 e. The van der Waals surface area contributed by atoms with Gasteiger partial charge in [0.1, 0.15) is 11.6 Å². The molecule has 6 heteroatoms. The highest BCUT2D eigenvalue weighted by Gasteiger charge is 2.40. The van der Waals surface area contributed by atoms with Crippen molar-refractivity contribution in [3.05, 3.63) is 52.3 Å². The first-order chi connectivity index (χ1) is 12.6. The first kappa shape index (κ1) is 19.5. The lowest BCUT2D eigenvalue weighted by molar-refractivity contribution is 0.175. The van der Waals surface area contributed by atoms with Gasteiger partial charge in [-0.05, 0) is 66.6 Å². The van der Waals surface area contributed by atoms with Gasteiger partial charge >= 0.3 is 6.09 Å². The van der Waals surface area contributed by atoms with E-state index in [0.29, 0.717) is 33.9 Å². The van der Waals surface area contributed by atoms with E-state index in [0.717, 1.165) is 5.56 Å². The van der Waals surface area contributed by atoms with Crippen LogP contribution in [-0.2, 0) is 6.42 Å². The van der Waals surface area contributed by atoms with Gasteiger partial charge in [-0.1, -0.05) is 31.5 Å². The van der Waals surface area contributed by atoms with Crippen LogP contribution < -0.4 is 10.1 Å². The summed E-state index contributed by atoms with van der Waals surface area (Å²) in [5.74, 6) is 0.108. The van der Waals surface area contributed by atoms with Crippen LogP contribution in [0.1, 0.15) is 44.9 Å². The Hall–Kier alpha value is -2.27. The SMILES string of the molecule is CC(C)Oc1cc(-c2cc3c(cc2F)[C@H](NC(=O)O)C(C)(C)C3)ccc1Cl. The number of hydrogen-bond acceptors (Lipinski definition) is 2. The highest BCUT2D eigenvalue weighted by Crippen LogP contribution is 2.47. The summed E-state index contributed by atoms with van der Waals surface area (Å²) in [4.78, 5) is 11.2. The van der Waals surface area contributed by atoms with Gasteiger partial charge in [-0.25, -0.2) is 9.18 Å². The molecule has 4 nitrogen and oxygen atoms in total. The molecular formula is C21H23ClFNO3. The fourth-order valence-corrected chi connectivity index (χ4v) is 3.86. The molecule has 1 aliphatic carbocycles. The first-order valence-corrected chi connectivity index (χ1v) is 9.24. The van der Waals surface area contributed by atoms with Crippen LogP contribution in [0.25, 0.3) is 11.1 Å². The molecule has 0 fully saturated rings. The van der Waals surface area contributed by atoms with Gasteiger partial charge in [0.2, 0.25) is 0 Å². The highest BCUT2D eigenvalue weighted by molar-refractivity contribution is 6.32. The molecule has 0 saturated carbocycles. The van der Waals surface area contributed by atoms with Crippen molar-refractivity contribution in [3.63, 3.8) is 0 Å². The molecule has 0 unspecified atom stereocenters. The fraction of sp³-hybridized carbons (Fsp3) is 0.381. The molecule has 0 heterocycles. The number of halogens is 2. The van der Waals surface area contributed by atoms with Crippen LogP contribution in [0.2, 0.25) is 5.02 Å². The number of nitrogens with one attached hydrogen (secondary N) is 1. The number of hydrogen-bond donors (Lipinski definition) is 2. The molecule has 0 spiro atoms. The average Bonchev–Trinajstić information content (AvgIpc) is 2.78. The third kappa shape index (κ3) is 3.88. The molecule has 0 radical (unpaired) electrons. The van der Waals surface area contributed by atoms with Gasteiger partial charge in [-0.3, -0.25) is 0 Å². The molecular weight excluding hydrogens is 369 g/mol. The quantitative estimate of drug-likeness (QED) is 0.689. The van der Waals surface area contributed by atoms with Crippen LogP contribution in [-0.4, -0.2) is 17.3 Å². The van der Waals surface area contributed by atoms with Crippen LogP contribution in [0.4, 0.5) is 9.18 Å². The second kappa shape index (κ2) is 7.04. The maximum atomic E-state index is 14.9. The molecule has 0 saturated heterocycles. The topological polar surface area (TPSA) is 58.6 Å². The monoisotopic (exact) mass is 391 g/mol. The average molecular weight is 392 g/mol. The molecule has 144 valence electrons. The Kier molecular flexibility index (Phi) is 5.08. The Bertz CT molecular complexity index is 895. The number of carbonyl (C=O) groups is 1. The Morgan fingerprint density at radius 2 is 2.04 bits per heavy atom. The molecule has 1 atom stereocenters. The zero-order chi connectivity index (χ0) is 19.9. The Labute approximate surface area is 163 Å². The van der Waals surface area contributed by atoms with Crippen molar-refractivity contribution in [2.75, 3.05) is 0 Å². The first-order valence-electron chi connectivity index (χ1n) is 8.87. The van der Waals surface area contributed by atoms with E-state index in [1.54, 1.807) is 24.3 Å². The van der Waals surface area contributed by atoms with Gasteiger partial charge in [0.15, 0.2) is 0 Å². The lowest BCUT2D eigenvalue weighted by Gasteiger charge is -2.27. The summed E-state index contributed by atoms with van der Waals surface area (Å²) in [6.45, 7) is 7.75. The predicted molar refractivity (Wildman–Crippen MR) is 104 cm³/mol. The molecule has 0 aromatic heterocycles. The molecule has 27 heavy (non-hydrogen) atoms. The summed E-state index contributed by atoms with van der Waals surface area (Å²) in [6.07, 6.45) is -0.506. The molecule has 2 N–H and O–H groups in total. The van der Waals surface area contributed by atoms with Crippen molar-refractivity contribution < 1.29 is 19.0 Å². The molecule has 2 aromatic carbocycles. The maximum Gasteiger partial charge on any atom is 0.405 e. The van der Waals surface area contributed by atoms with Crippen molar-refractivity contribution in [2.45, 2.75) is 46.3 Å². The van der Waals surface area contributed by atoms with Gasteiger partial charge in [0, 0.05) is 5.56 Å². The van der Waals surface area contributed by atoms with E-state index in [9.17, 15) is 9.18 Å². The predicted octanol–water partition coefficient (Wildman–Crippen LogP) is 5.82. The molecule has 3 rings (SSSR count). The number of fused-ring (bicyclic) bond motifs is 1.